The summed E-state index contributed by atoms with van der Waals surface area (Å²) in [4.78, 5) is 0. The van der Waals surface area contributed by atoms with Crippen molar-refractivity contribution in [2.75, 3.05) is 26.4 Å². The lowest BCUT2D eigenvalue weighted by Crippen LogP contribution is -2.15. The normalized spacial score (nSPS) is 12.0. The van der Waals surface area contributed by atoms with E-state index < -0.39 is 11.4 Å². The van der Waals surface area contributed by atoms with Crippen LogP contribution in [0, 0.1) is 0 Å². The zero-order chi connectivity index (χ0) is 30.2. The van der Waals surface area contributed by atoms with E-state index in [0.29, 0.717) is 0 Å². The highest BCUT2D eigenvalue weighted by atomic mass is 32.2. The van der Waals surface area contributed by atoms with Crippen LogP contribution in [-0.4, -0.2) is 30.6 Å². The molecule has 4 aromatic rings. The SMILES string of the molecule is CC(C)(C)c1ccc(OCCOS(=O)OCCOc2ccc(C(C)(C)C)cc2-c2ccccc2)c(-c2ccccc2)c1. The van der Waals surface area contributed by atoms with E-state index in [4.69, 9.17) is 17.8 Å². The van der Waals surface area contributed by atoms with Gasteiger partial charge in [-0.2, -0.15) is 4.21 Å². The fraction of sp³-hybridized carbons (Fsp3) is 0.333. The summed E-state index contributed by atoms with van der Waals surface area (Å²) in [5.41, 5.74) is 6.67. The summed E-state index contributed by atoms with van der Waals surface area (Å²) in [6.07, 6.45) is 0. The smallest absolute Gasteiger partial charge is 0.304 e. The van der Waals surface area contributed by atoms with Gasteiger partial charge in [0.1, 0.15) is 37.9 Å². The maximum Gasteiger partial charge on any atom is 0.304 e. The molecule has 6 heteroatoms. The standard InChI is InChI=1S/C36H42O5S/c1-35(2,3)29-17-19-33(31(25-29)27-13-9-7-10-14-27)38-21-23-40-42(37)41-24-22-39-34-20-18-30(36(4,5)6)26-32(34)28-15-11-8-12-16-28/h7-20,25-26H,21-24H2,1-6H3. The summed E-state index contributed by atoms with van der Waals surface area (Å²) in [5.74, 6) is 1.51. The van der Waals surface area contributed by atoms with E-state index in [2.05, 4.69) is 90.1 Å². The fourth-order valence-corrected chi connectivity index (χ4v) is 4.95. The first kappa shape index (κ1) is 31.5. The molecule has 0 aliphatic rings. The Morgan fingerprint density at radius 3 is 1.26 bits per heavy atom. The minimum atomic E-state index is -1.91. The van der Waals surface area contributed by atoms with Crippen LogP contribution >= 0.6 is 0 Å². The van der Waals surface area contributed by atoms with Gasteiger partial charge in [0.25, 0.3) is 0 Å². The summed E-state index contributed by atoms with van der Waals surface area (Å²) in [6, 6.07) is 32.8. The molecule has 222 valence electrons. The Hall–Kier alpha value is -3.45. The minimum Gasteiger partial charge on any atom is -0.490 e. The molecular weight excluding hydrogens is 544 g/mol. The third kappa shape index (κ3) is 8.78. The van der Waals surface area contributed by atoms with Crippen molar-refractivity contribution in [2.24, 2.45) is 0 Å². The summed E-state index contributed by atoms with van der Waals surface area (Å²) in [5, 5.41) is 0. The highest BCUT2D eigenvalue weighted by Gasteiger charge is 2.18. The van der Waals surface area contributed by atoms with Crippen LogP contribution in [0.25, 0.3) is 22.3 Å². The number of benzene rings is 4. The molecule has 0 N–H and O–H groups in total. The van der Waals surface area contributed by atoms with Crippen LogP contribution < -0.4 is 9.47 Å². The predicted molar refractivity (Wildman–Crippen MR) is 172 cm³/mol. The van der Waals surface area contributed by atoms with Gasteiger partial charge in [-0.1, -0.05) is 114 Å². The molecule has 42 heavy (non-hydrogen) atoms. The Morgan fingerprint density at radius 2 is 0.905 bits per heavy atom. The Bertz CT molecular complexity index is 1340. The fourth-order valence-electron chi connectivity index (χ4n) is 4.47. The molecular formula is C36H42O5S. The van der Waals surface area contributed by atoms with Crippen LogP contribution in [0.5, 0.6) is 11.5 Å². The van der Waals surface area contributed by atoms with Gasteiger partial charge >= 0.3 is 11.4 Å². The first-order valence-electron chi connectivity index (χ1n) is 14.4. The van der Waals surface area contributed by atoms with Crippen molar-refractivity contribution in [3.8, 4) is 33.8 Å². The molecule has 4 aromatic carbocycles. The molecule has 0 unspecified atom stereocenters. The van der Waals surface area contributed by atoms with Crippen molar-refractivity contribution in [2.45, 2.75) is 52.4 Å². The second-order valence-corrected chi connectivity index (χ2v) is 13.1. The largest absolute Gasteiger partial charge is 0.490 e. The molecule has 5 nitrogen and oxygen atoms in total. The van der Waals surface area contributed by atoms with E-state index in [-0.39, 0.29) is 37.3 Å². The summed E-state index contributed by atoms with van der Waals surface area (Å²) < 4.78 is 35.1. The lowest BCUT2D eigenvalue weighted by molar-refractivity contribution is 0.180. The van der Waals surface area contributed by atoms with Crippen LogP contribution in [0.2, 0.25) is 0 Å². The summed E-state index contributed by atoms with van der Waals surface area (Å²) in [7, 11) is 0. The lowest BCUT2D eigenvalue weighted by atomic mass is 9.85. The van der Waals surface area contributed by atoms with E-state index in [1.54, 1.807) is 0 Å². The molecule has 0 amide bonds. The van der Waals surface area contributed by atoms with Crippen LogP contribution in [-0.2, 0) is 30.6 Å². The average molecular weight is 587 g/mol. The van der Waals surface area contributed by atoms with Crippen molar-refractivity contribution >= 4 is 11.4 Å². The van der Waals surface area contributed by atoms with Gasteiger partial charge in [0.05, 0.1) is 0 Å². The number of hydrogen-bond acceptors (Lipinski definition) is 5. The number of hydrogen-bond donors (Lipinski definition) is 0. The zero-order valence-corrected chi connectivity index (χ0v) is 26.3. The van der Waals surface area contributed by atoms with Crippen LogP contribution in [0.15, 0.2) is 97.1 Å². The maximum atomic E-state index is 12.3. The highest BCUT2D eigenvalue weighted by molar-refractivity contribution is 7.75. The Kier molecular flexibility index (Phi) is 10.6. The Morgan fingerprint density at radius 1 is 0.524 bits per heavy atom. The van der Waals surface area contributed by atoms with Gasteiger partial charge < -0.3 is 9.47 Å². The molecule has 0 radical (unpaired) electrons. The van der Waals surface area contributed by atoms with Crippen molar-refractivity contribution < 1.29 is 22.0 Å². The Labute approximate surface area is 253 Å². The van der Waals surface area contributed by atoms with E-state index >= 15 is 0 Å². The van der Waals surface area contributed by atoms with E-state index in [1.165, 1.54) is 11.1 Å². The third-order valence-corrected chi connectivity index (χ3v) is 7.62. The molecule has 0 aliphatic carbocycles. The quantitative estimate of drug-likeness (QED) is 0.156. The van der Waals surface area contributed by atoms with Gasteiger partial charge in [-0.25, -0.2) is 0 Å². The van der Waals surface area contributed by atoms with Crippen molar-refractivity contribution in [1.29, 1.82) is 0 Å². The van der Waals surface area contributed by atoms with Crippen molar-refractivity contribution in [1.82, 2.24) is 0 Å². The summed E-state index contributed by atoms with van der Waals surface area (Å²) in [6.45, 7) is 13.9. The number of ether oxygens (including phenoxy) is 2. The molecule has 0 bridgehead atoms. The van der Waals surface area contributed by atoms with Gasteiger partial charge in [0, 0.05) is 11.1 Å². The van der Waals surface area contributed by atoms with Gasteiger partial charge in [-0.05, 0) is 57.3 Å². The van der Waals surface area contributed by atoms with E-state index in [1.807, 2.05) is 48.5 Å². The van der Waals surface area contributed by atoms with Gasteiger partial charge in [0.15, 0.2) is 0 Å². The van der Waals surface area contributed by atoms with E-state index in [9.17, 15) is 4.21 Å². The van der Waals surface area contributed by atoms with Crippen LogP contribution in [0.1, 0.15) is 52.7 Å². The molecule has 0 aliphatic heterocycles. The Balaban J connectivity index is 1.27. The minimum absolute atomic E-state index is 0.0160. The van der Waals surface area contributed by atoms with Gasteiger partial charge in [0.2, 0.25) is 0 Å². The molecule has 0 fully saturated rings. The first-order chi connectivity index (χ1) is 20.0. The molecule has 0 heterocycles. The monoisotopic (exact) mass is 586 g/mol. The highest BCUT2D eigenvalue weighted by Crippen LogP contribution is 2.36. The van der Waals surface area contributed by atoms with Gasteiger partial charge in [-0.15, -0.1) is 0 Å². The average Bonchev–Trinajstić information content (AvgIpc) is 2.97. The molecule has 0 aromatic heterocycles. The molecule has 0 spiro atoms. The second kappa shape index (κ2) is 14.1. The molecule has 4 rings (SSSR count). The third-order valence-electron chi connectivity index (χ3n) is 6.90. The second-order valence-electron chi connectivity index (χ2n) is 12.2. The van der Waals surface area contributed by atoms with Crippen LogP contribution in [0.3, 0.4) is 0 Å². The predicted octanol–water partition coefficient (Wildman–Crippen LogP) is 8.69. The van der Waals surface area contributed by atoms with Gasteiger partial charge in [-0.3, -0.25) is 8.37 Å². The topological polar surface area (TPSA) is 54.0 Å². The maximum absolute atomic E-state index is 12.3. The molecule has 0 saturated heterocycles. The summed E-state index contributed by atoms with van der Waals surface area (Å²) >= 11 is -1.91. The van der Waals surface area contributed by atoms with Crippen molar-refractivity contribution in [3.63, 3.8) is 0 Å². The lowest BCUT2D eigenvalue weighted by Gasteiger charge is -2.22. The first-order valence-corrected chi connectivity index (χ1v) is 15.4. The number of rotatable bonds is 12. The molecule has 0 atom stereocenters. The molecule has 0 saturated carbocycles. The van der Waals surface area contributed by atoms with Crippen molar-refractivity contribution in [3.05, 3.63) is 108 Å². The zero-order valence-electron chi connectivity index (χ0n) is 25.5. The van der Waals surface area contributed by atoms with E-state index in [0.717, 1.165) is 33.8 Å². The van der Waals surface area contributed by atoms with Crippen LogP contribution in [0.4, 0.5) is 0 Å².